The summed E-state index contributed by atoms with van der Waals surface area (Å²) >= 11 is 7.13. The van der Waals surface area contributed by atoms with Gasteiger partial charge in [0.15, 0.2) is 0 Å². The molecular weight excluding hydrogens is 358 g/mol. The van der Waals surface area contributed by atoms with Crippen molar-refractivity contribution in [3.05, 3.63) is 70.1 Å². The molecular formula is C18H14ClN3O2S. The number of nitrogens with one attached hydrogen (secondary N) is 1. The predicted octanol–water partition coefficient (Wildman–Crippen LogP) is 4.70. The van der Waals surface area contributed by atoms with Crippen LogP contribution in [0.25, 0.3) is 11.3 Å². The SMILES string of the molecule is COC(=O)c1sc(N/N=C\c2cccc(Cl)c2)nc1-c1ccccc1. The van der Waals surface area contributed by atoms with Gasteiger partial charge in [0.1, 0.15) is 4.88 Å². The number of esters is 1. The van der Waals surface area contributed by atoms with Gasteiger partial charge < -0.3 is 4.74 Å². The molecule has 126 valence electrons. The highest BCUT2D eigenvalue weighted by molar-refractivity contribution is 7.17. The molecule has 5 nitrogen and oxygen atoms in total. The van der Waals surface area contributed by atoms with Crippen molar-refractivity contribution in [1.29, 1.82) is 0 Å². The highest BCUT2D eigenvalue weighted by Crippen LogP contribution is 2.31. The van der Waals surface area contributed by atoms with E-state index < -0.39 is 5.97 Å². The van der Waals surface area contributed by atoms with Crippen molar-refractivity contribution < 1.29 is 9.53 Å². The van der Waals surface area contributed by atoms with Crippen LogP contribution >= 0.6 is 22.9 Å². The number of thiazole rings is 1. The smallest absolute Gasteiger partial charge is 0.350 e. The van der Waals surface area contributed by atoms with Gasteiger partial charge in [-0.1, -0.05) is 65.4 Å². The van der Waals surface area contributed by atoms with Gasteiger partial charge in [-0.3, -0.25) is 5.43 Å². The first-order valence-electron chi connectivity index (χ1n) is 7.36. The number of rotatable bonds is 5. The van der Waals surface area contributed by atoms with Gasteiger partial charge in [-0.2, -0.15) is 5.10 Å². The molecule has 25 heavy (non-hydrogen) atoms. The van der Waals surface area contributed by atoms with Gasteiger partial charge in [-0.25, -0.2) is 9.78 Å². The predicted molar refractivity (Wildman–Crippen MR) is 102 cm³/mol. The fourth-order valence-electron chi connectivity index (χ4n) is 2.14. The summed E-state index contributed by atoms with van der Waals surface area (Å²) < 4.78 is 4.85. The van der Waals surface area contributed by atoms with E-state index in [-0.39, 0.29) is 0 Å². The summed E-state index contributed by atoms with van der Waals surface area (Å²) in [6.45, 7) is 0. The third-order valence-corrected chi connectivity index (χ3v) is 4.44. The maximum absolute atomic E-state index is 12.0. The highest BCUT2D eigenvalue weighted by atomic mass is 35.5. The number of aromatic nitrogens is 1. The van der Waals surface area contributed by atoms with Crippen LogP contribution in [0, 0.1) is 0 Å². The Balaban J connectivity index is 1.85. The average Bonchev–Trinajstić information content (AvgIpc) is 3.06. The van der Waals surface area contributed by atoms with E-state index in [0.717, 1.165) is 11.1 Å². The maximum atomic E-state index is 12.0. The van der Waals surface area contributed by atoms with Crippen LogP contribution in [-0.4, -0.2) is 24.3 Å². The van der Waals surface area contributed by atoms with Gasteiger partial charge in [0.05, 0.1) is 19.0 Å². The van der Waals surface area contributed by atoms with Gasteiger partial charge in [0.25, 0.3) is 0 Å². The summed E-state index contributed by atoms with van der Waals surface area (Å²) in [7, 11) is 1.35. The van der Waals surface area contributed by atoms with Crippen molar-refractivity contribution in [2.75, 3.05) is 12.5 Å². The van der Waals surface area contributed by atoms with Crippen molar-refractivity contribution in [1.82, 2.24) is 4.98 Å². The molecule has 1 aromatic heterocycles. The van der Waals surface area contributed by atoms with Crippen LogP contribution in [0.1, 0.15) is 15.2 Å². The number of hydrogen-bond donors (Lipinski definition) is 1. The fourth-order valence-corrected chi connectivity index (χ4v) is 3.19. The summed E-state index contributed by atoms with van der Waals surface area (Å²) in [5.74, 6) is -0.428. The molecule has 3 rings (SSSR count). The van der Waals surface area contributed by atoms with E-state index in [1.807, 2.05) is 42.5 Å². The summed E-state index contributed by atoms with van der Waals surface area (Å²) in [5, 5.41) is 5.28. The largest absolute Gasteiger partial charge is 0.465 e. The van der Waals surface area contributed by atoms with Crippen molar-refractivity contribution in [3.63, 3.8) is 0 Å². The molecule has 3 aromatic rings. The first kappa shape index (κ1) is 17.1. The summed E-state index contributed by atoms with van der Waals surface area (Å²) in [5.41, 5.74) is 5.11. The van der Waals surface area contributed by atoms with Crippen molar-refractivity contribution in [2.24, 2.45) is 5.10 Å². The summed E-state index contributed by atoms with van der Waals surface area (Å²) in [6.07, 6.45) is 1.63. The van der Waals surface area contributed by atoms with Crippen LogP contribution < -0.4 is 5.43 Å². The van der Waals surface area contributed by atoms with E-state index in [1.165, 1.54) is 18.4 Å². The second-order valence-corrected chi connectivity index (χ2v) is 6.41. The zero-order valence-electron chi connectivity index (χ0n) is 13.3. The molecule has 0 radical (unpaired) electrons. The number of halogens is 1. The number of methoxy groups -OCH3 is 1. The normalized spacial score (nSPS) is 10.8. The molecule has 0 spiro atoms. The summed E-state index contributed by atoms with van der Waals surface area (Å²) in [4.78, 5) is 16.9. The molecule has 0 unspecified atom stereocenters. The molecule has 0 fully saturated rings. The van der Waals surface area contributed by atoms with E-state index in [2.05, 4.69) is 15.5 Å². The number of benzene rings is 2. The monoisotopic (exact) mass is 371 g/mol. The first-order chi connectivity index (χ1) is 12.2. The van der Waals surface area contributed by atoms with E-state index in [0.29, 0.717) is 20.7 Å². The second kappa shape index (κ2) is 7.92. The Bertz CT molecular complexity index is 910. The molecule has 0 aliphatic heterocycles. The zero-order chi connectivity index (χ0) is 17.6. The van der Waals surface area contributed by atoms with Gasteiger partial charge in [0.2, 0.25) is 5.13 Å². The minimum atomic E-state index is -0.428. The quantitative estimate of drug-likeness (QED) is 0.401. The van der Waals surface area contributed by atoms with Gasteiger partial charge in [-0.15, -0.1) is 0 Å². The molecule has 0 saturated carbocycles. The van der Waals surface area contributed by atoms with Crippen molar-refractivity contribution >= 4 is 40.3 Å². The highest BCUT2D eigenvalue weighted by Gasteiger charge is 2.19. The lowest BCUT2D eigenvalue weighted by atomic mass is 10.1. The number of anilines is 1. The first-order valence-corrected chi connectivity index (χ1v) is 8.56. The molecule has 2 aromatic carbocycles. The number of carbonyl (C=O) groups excluding carboxylic acids is 1. The molecule has 0 bridgehead atoms. The van der Waals surface area contributed by atoms with Crippen LogP contribution in [0.5, 0.6) is 0 Å². The third kappa shape index (κ3) is 4.23. The van der Waals surface area contributed by atoms with Crippen LogP contribution in [0.3, 0.4) is 0 Å². The van der Waals surface area contributed by atoms with E-state index in [9.17, 15) is 4.79 Å². The molecule has 0 amide bonds. The van der Waals surface area contributed by atoms with Crippen molar-refractivity contribution in [3.8, 4) is 11.3 Å². The third-order valence-electron chi connectivity index (χ3n) is 3.27. The lowest BCUT2D eigenvalue weighted by Gasteiger charge is -1.99. The molecule has 1 N–H and O–H groups in total. The number of hydrogen-bond acceptors (Lipinski definition) is 6. The number of hydrazone groups is 1. The van der Waals surface area contributed by atoms with Gasteiger partial charge >= 0.3 is 5.97 Å². The van der Waals surface area contributed by atoms with Crippen LogP contribution in [0.2, 0.25) is 5.02 Å². The van der Waals surface area contributed by atoms with E-state index in [4.69, 9.17) is 16.3 Å². The fraction of sp³-hybridized carbons (Fsp3) is 0.0556. The molecule has 0 aliphatic carbocycles. The minimum absolute atomic E-state index is 0.425. The van der Waals surface area contributed by atoms with Crippen LogP contribution in [0.15, 0.2) is 59.7 Å². The lowest BCUT2D eigenvalue weighted by molar-refractivity contribution is 0.0607. The Kier molecular flexibility index (Phi) is 5.42. The Morgan fingerprint density at radius 1 is 1.24 bits per heavy atom. The van der Waals surface area contributed by atoms with E-state index in [1.54, 1.807) is 18.3 Å². The Labute approximate surface area is 153 Å². The number of carbonyl (C=O) groups is 1. The standard InChI is InChI=1S/C18H14ClN3O2S/c1-24-17(23)16-15(13-7-3-2-4-8-13)21-18(25-16)22-20-11-12-6-5-9-14(19)10-12/h2-11H,1H3,(H,21,22)/b20-11-. The van der Waals surface area contributed by atoms with Crippen LogP contribution in [0.4, 0.5) is 5.13 Å². The topological polar surface area (TPSA) is 63.6 Å². The van der Waals surface area contributed by atoms with Gasteiger partial charge in [-0.05, 0) is 17.7 Å². The second-order valence-electron chi connectivity index (χ2n) is 4.98. The molecule has 0 atom stereocenters. The maximum Gasteiger partial charge on any atom is 0.350 e. The Morgan fingerprint density at radius 3 is 2.76 bits per heavy atom. The molecule has 0 saturated heterocycles. The molecule has 1 heterocycles. The van der Waals surface area contributed by atoms with E-state index >= 15 is 0 Å². The molecule has 0 aliphatic rings. The van der Waals surface area contributed by atoms with Crippen LogP contribution in [-0.2, 0) is 4.74 Å². The Morgan fingerprint density at radius 2 is 2.04 bits per heavy atom. The summed E-state index contributed by atoms with van der Waals surface area (Å²) in [6, 6.07) is 16.8. The van der Waals surface area contributed by atoms with Gasteiger partial charge in [0, 0.05) is 10.6 Å². The lowest BCUT2D eigenvalue weighted by Crippen LogP contribution is -2.00. The minimum Gasteiger partial charge on any atom is -0.465 e. The zero-order valence-corrected chi connectivity index (χ0v) is 14.8. The number of ether oxygens (including phenoxy) is 1. The Hall–Kier alpha value is -2.70. The van der Waals surface area contributed by atoms with Crippen molar-refractivity contribution in [2.45, 2.75) is 0 Å². The average molecular weight is 372 g/mol. The molecule has 7 heteroatoms. The number of nitrogens with zero attached hydrogens (tertiary/aromatic N) is 2.